The van der Waals surface area contributed by atoms with E-state index in [0.717, 1.165) is 0 Å². The van der Waals surface area contributed by atoms with Gasteiger partial charge in [-0.1, -0.05) is 0 Å². The zero-order chi connectivity index (χ0) is 36.6. The average Bonchev–Trinajstić information content (AvgIpc) is 2.75. The van der Waals surface area contributed by atoms with Gasteiger partial charge in [-0.2, -0.15) is 0 Å². The Kier molecular flexibility index (Phi) is 10.7. The molecular weight excluding hydrogens is 828 g/mol. The fourth-order valence-corrected chi connectivity index (χ4v) is 14.4. The molecule has 0 fully saturated rings. The molecular formula is C15H7F27OSn. The van der Waals surface area contributed by atoms with E-state index in [-0.39, 0.29) is 6.92 Å². The summed E-state index contributed by atoms with van der Waals surface area (Å²) in [5, 5.41) is 0. The van der Waals surface area contributed by atoms with Gasteiger partial charge in [0.15, 0.2) is 0 Å². The summed E-state index contributed by atoms with van der Waals surface area (Å²) in [6, 6.07) is 0. The monoisotopic (exact) mass is 836 g/mol. The third-order valence-corrected chi connectivity index (χ3v) is 17.4. The van der Waals surface area contributed by atoms with E-state index < -0.39 is 97.7 Å². The van der Waals surface area contributed by atoms with E-state index in [1.54, 1.807) is 0 Å². The van der Waals surface area contributed by atoms with Crippen molar-refractivity contribution in [1.82, 2.24) is 0 Å². The molecule has 0 saturated carbocycles. The van der Waals surface area contributed by atoms with Crippen LogP contribution in [0.3, 0.4) is 0 Å². The molecule has 0 bridgehead atoms. The Bertz CT molecular complexity index is 892. The number of halogens is 27. The predicted molar refractivity (Wildman–Crippen MR) is 84.7 cm³/mol. The zero-order valence-electron chi connectivity index (χ0n) is 19.5. The van der Waals surface area contributed by atoms with Crippen LogP contribution in [0.1, 0.15) is 13.3 Å². The molecule has 0 aliphatic heterocycles. The Hall–Kier alpha value is -1.13. The third-order valence-electron chi connectivity index (χ3n) is 5.28. The van der Waals surface area contributed by atoms with Crippen molar-refractivity contribution in [2.24, 2.45) is 0 Å². The van der Waals surface area contributed by atoms with Crippen LogP contribution >= 0.6 is 0 Å². The van der Waals surface area contributed by atoms with Crippen LogP contribution in [0.5, 0.6) is 0 Å². The van der Waals surface area contributed by atoms with E-state index in [0.29, 0.717) is 0 Å². The van der Waals surface area contributed by atoms with Crippen LogP contribution in [0.15, 0.2) is 0 Å². The van der Waals surface area contributed by atoms with Crippen molar-refractivity contribution < 1.29 is 122 Å². The Labute approximate surface area is 227 Å². The van der Waals surface area contributed by atoms with Crippen LogP contribution in [-0.4, -0.2) is 91.3 Å². The SMILES string of the molecule is CCC[O][Sn]([C](F)(F)C(F)(F)C(F)(F)C(F)(F)F)([C](F)(F)C(F)(F)C(F)(F)C(F)(F)F)[C](F)(F)C(F)(F)C(F)(F)C(F)(F)F. The van der Waals surface area contributed by atoms with Gasteiger partial charge in [0.05, 0.1) is 0 Å². The maximum absolute atomic E-state index is 14.9. The number of rotatable bonds is 12. The van der Waals surface area contributed by atoms with Gasteiger partial charge < -0.3 is 0 Å². The van der Waals surface area contributed by atoms with Crippen molar-refractivity contribution in [2.45, 2.75) is 79.2 Å². The molecule has 0 aromatic carbocycles. The molecule has 0 spiro atoms. The van der Waals surface area contributed by atoms with Gasteiger partial charge in [-0.3, -0.25) is 0 Å². The fraction of sp³-hybridized carbons (Fsp3) is 1.00. The molecule has 0 aromatic heterocycles. The van der Waals surface area contributed by atoms with Crippen LogP contribution in [0.25, 0.3) is 0 Å². The summed E-state index contributed by atoms with van der Waals surface area (Å²) in [4.78, 5) is 0. The molecule has 0 unspecified atom stereocenters. The molecule has 266 valence electrons. The van der Waals surface area contributed by atoms with Crippen LogP contribution < -0.4 is 0 Å². The Balaban J connectivity index is 9.01. The fourth-order valence-electron chi connectivity index (χ4n) is 2.91. The van der Waals surface area contributed by atoms with E-state index in [4.69, 9.17) is 0 Å². The molecule has 0 aliphatic rings. The summed E-state index contributed by atoms with van der Waals surface area (Å²) >= 11 is -13.4. The van der Waals surface area contributed by atoms with Crippen molar-refractivity contribution in [2.75, 3.05) is 6.61 Å². The second kappa shape index (κ2) is 11.0. The van der Waals surface area contributed by atoms with Crippen molar-refractivity contribution >= 4 is 18.8 Å². The molecule has 0 aromatic rings. The maximum atomic E-state index is 14.9. The molecule has 0 rings (SSSR count). The molecule has 29 heteroatoms. The first-order chi connectivity index (χ1) is 18.6. The van der Waals surface area contributed by atoms with E-state index in [9.17, 15) is 119 Å². The van der Waals surface area contributed by atoms with Crippen LogP contribution in [0.2, 0.25) is 0 Å². The van der Waals surface area contributed by atoms with E-state index >= 15 is 0 Å². The van der Waals surface area contributed by atoms with Crippen LogP contribution in [0.4, 0.5) is 119 Å². The number of hydrogen-bond acceptors (Lipinski definition) is 1. The van der Waals surface area contributed by atoms with Gasteiger partial charge in [0, 0.05) is 0 Å². The third kappa shape index (κ3) is 5.19. The minimum absolute atomic E-state index is 0.0401. The summed E-state index contributed by atoms with van der Waals surface area (Å²) in [6.45, 7) is -3.13. The standard InChI is InChI=1S/3C4F9.C3H7O.Sn/c3*5-1(6)2(7,8)3(9,10)4(11,12)13;1-2-3-4;/h;;;2-3H2,1H3;/q;;;-1;+1. The van der Waals surface area contributed by atoms with E-state index in [1.807, 2.05) is 0 Å². The van der Waals surface area contributed by atoms with Crippen molar-refractivity contribution in [3.8, 4) is 0 Å². The van der Waals surface area contributed by atoms with Gasteiger partial charge in [0.1, 0.15) is 0 Å². The number of hydrogen-bond donors (Lipinski definition) is 0. The first-order valence-electron chi connectivity index (χ1n) is 9.80. The van der Waals surface area contributed by atoms with E-state index in [2.05, 4.69) is 3.07 Å². The first kappa shape index (κ1) is 42.9. The summed E-state index contributed by atoms with van der Waals surface area (Å²) in [5.74, 6) is -55.5. The molecule has 1 nitrogen and oxygen atoms in total. The van der Waals surface area contributed by atoms with Crippen molar-refractivity contribution in [3.05, 3.63) is 0 Å². The van der Waals surface area contributed by atoms with Gasteiger partial charge in [-0.15, -0.1) is 0 Å². The summed E-state index contributed by atoms with van der Waals surface area (Å²) in [6.07, 6.45) is -27.3. The van der Waals surface area contributed by atoms with Crippen molar-refractivity contribution in [1.29, 1.82) is 0 Å². The zero-order valence-corrected chi connectivity index (χ0v) is 22.4. The second-order valence-electron chi connectivity index (χ2n) is 8.19. The molecule has 0 aliphatic carbocycles. The summed E-state index contributed by atoms with van der Waals surface area (Å²) in [7, 11) is 0. The Morgan fingerprint density at radius 2 is 0.523 bits per heavy atom. The molecule has 0 atom stereocenters. The topological polar surface area (TPSA) is 9.23 Å². The van der Waals surface area contributed by atoms with Crippen LogP contribution in [-0.2, 0) is 3.07 Å². The number of alkyl halides is 27. The van der Waals surface area contributed by atoms with Crippen LogP contribution in [0, 0.1) is 0 Å². The quantitative estimate of drug-likeness (QED) is 0.141. The van der Waals surface area contributed by atoms with E-state index in [1.165, 1.54) is 0 Å². The Morgan fingerprint density at radius 3 is 0.659 bits per heavy atom. The molecule has 0 heterocycles. The van der Waals surface area contributed by atoms with Gasteiger partial charge in [-0.05, 0) is 0 Å². The average molecular weight is 835 g/mol. The molecule has 0 saturated heterocycles. The molecule has 0 amide bonds. The van der Waals surface area contributed by atoms with Gasteiger partial charge >= 0.3 is 226 Å². The van der Waals surface area contributed by atoms with Gasteiger partial charge in [-0.25, -0.2) is 0 Å². The Morgan fingerprint density at radius 1 is 0.341 bits per heavy atom. The summed E-state index contributed by atoms with van der Waals surface area (Å²) in [5.41, 5.74) is 0. The molecule has 44 heavy (non-hydrogen) atoms. The van der Waals surface area contributed by atoms with Gasteiger partial charge in [0.25, 0.3) is 0 Å². The molecule has 0 radical (unpaired) electrons. The predicted octanol–water partition coefficient (Wildman–Crippen LogP) is 9.38. The normalized spacial score (nSPS) is 16.9. The van der Waals surface area contributed by atoms with Gasteiger partial charge in [0.2, 0.25) is 0 Å². The second-order valence-corrected chi connectivity index (χ2v) is 18.3. The molecule has 0 N–H and O–H groups in total. The van der Waals surface area contributed by atoms with Crippen molar-refractivity contribution in [3.63, 3.8) is 0 Å². The first-order valence-corrected chi connectivity index (χ1v) is 15.2. The minimum atomic E-state index is -13.4. The summed E-state index contributed by atoms with van der Waals surface area (Å²) < 4.78 is 339.